The summed E-state index contributed by atoms with van der Waals surface area (Å²) < 4.78 is 0. The van der Waals surface area contributed by atoms with Crippen molar-refractivity contribution in [2.75, 3.05) is 0 Å². The van der Waals surface area contributed by atoms with Crippen LogP contribution in [-0.4, -0.2) is 39.0 Å². The summed E-state index contributed by atoms with van der Waals surface area (Å²) in [6.07, 6.45) is -2.20. The van der Waals surface area contributed by atoms with E-state index in [1.807, 2.05) is 0 Å². The Labute approximate surface area is 95.2 Å². The van der Waals surface area contributed by atoms with Crippen LogP contribution in [0.15, 0.2) is 11.5 Å². The van der Waals surface area contributed by atoms with Gasteiger partial charge >= 0.3 is 18.9 Å². The molecule has 7 nitrogen and oxygen atoms in total. The number of ketones is 2. The van der Waals surface area contributed by atoms with Crippen molar-refractivity contribution in [3.05, 3.63) is 11.5 Å². The van der Waals surface area contributed by atoms with Crippen molar-refractivity contribution >= 4 is 17.5 Å². The fourth-order valence-corrected chi connectivity index (χ4v) is 1.04. The van der Waals surface area contributed by atoms with Gasteiger partial charge in [0.25, 0.3) is 0 Å². The molecule has 0 saturated carbocycles. The molecule has 0 aromatic carbocycles. The Balaban J connectivity index is 0.00000196. The van der Waals surface area contributed by atoms with Crippen LogP contribution >= 0.6 is 0 Å². The molecule has 3 N–H and O–H groups in total. The Morgan fingerprint density at radius 1 is 1.27 bits per heavy atom. The number of Topliss-reactive ketones (excluding diaryl/α,β-unsaturated/α-hetero) is 2. The SMILES string of the molecule is O=C([O-])C1C(=O)C(O)=C(O)C(O)C1=O.[Li+]. The molecule has 76 valence electrons. The number of carboxylic acid groups (broad SMARTS) is 1. The molecule has 0 aliphatic heterocycles. The van der Waals surface area contributed by atoms with Crippen LogP contribution in [0.3, 0.4) is 0 Å². The number of hydrogen-bond acceptors (Lipinski definition) is 7. The number of carbonyl (C=O) groups is 3. The van der Waals surface area contributed by atoms with Gasteiger partial charge in [-0.05, 0) is 0 Å². The minimum Gasteiger partial charge on any atom is -0.549 e. The third kappa shape index (κ3) is 2.04. The van der Waals surface area contributed by atoms with E-state index < -0.39 is 41.1 Å². The predicted octanol–water partition coefficient (Wildman–Crippen LogP) is -5.80. The van der Waals surface area contributed by atoms with Crippen molar-refractivity contribution in [2.24, 2.45) is 5.92 Å². The number of carboxylic acids is 1. The molecule has 1 rings (SSSR count). The zero-order chi connectivity index (χ0) is 11.0. The normalized spacial score (nSPS) is 26.2. The largest absolute Gasteiger partial charge is 1.00 e. The van der Waals surface area contributed by atoms with Gasteiger partial charge in [-0.2, -0.15) is 0 Å². The first-order chi connectivity index (χ1) is 6.37. The number of hydrogen-bond donors (Lipinski definition) is 3. The first-order valence-electron chi connectivity index (χ1n) is 3.47. The van der Waals surface area contributed by atoms with E-state index in [2.05, 4.69) is 0 Å². The molecule has 0 fully saturated rings. The van der Waals surface area contributed by atoms with Crippen LogP contribution in [0.1, 0.15) is 0 Å². The van der Waals surface area contributed by atoms with Crippen molar-refractivity contribution < 1.29 is 53.7 Å². The van der Waals surface area contributed by atoms with Gasteiger partial charge in [0.1, 0.15) is 5.92 Å². The maximum absolute atomic E-state index is 10.9. The second-order valence-electron chi connectivity index (χ2n) is 2.66. The molecule has 1 aliphatic carbocycles. The van der Waals surface area contributed by atoms with Crippen molar-refractivity contribution in [1.29, 1.82) is 0 Å². The maximum atomic E-state index is 10.9. The first kappa shape index (κ1) is 13.7. The van der Waals surface area contributed by atoms with Gasteiger partial charge in [-0.15, -0.1) is 0 Å². The van der Waals surface area contributed by atoms with Crippen LogP contribution in [0, 0.1) is 5.92 Å². The van der Waals surface area contributed by atoms with Gasteiger partial charge in [0.2, 0.25) is 11.5 Å². The Hall–Kier alpha value is -1.29. The average molecular weight is 208 g/mol. The van der Waals surface area contributed by atoms with E-state index in [0.29, 0.717) is 0 Å². The molecule has 0 radical (unpaired) electrons. The van der Waals surface area contributed by atoms with E-state index in [1.165, 1.54) is 0 Å². The Morgan fingerprint density at radius 2 is 1.73 bits per heavy atom. The number of rotatable bonds is 1. The number of aliphatic carboxylic acids is 1. The van der Waals surface area contributed by atoms with Crippen molar-refractivity contribution in [2.45, 2.75) is 6.10 Å². The van der Waals surface area contributed by atoms with Gasteiger partial charge in [-0.3, -0.25) is 9.59 Å². The third-order valence-electron chi connectivity index (χ3n) is 1.79. The summed E-state index contributed by atoms with van der Waals surface area (Å²) in [5, 5.41) is 36.8. The molecule has 0 heterocycles. The second-order valence-corrected chi connectivity index (χ2v) is 2.66. The van der Waals surface area contributed by atoms with Crippen molar-refractivity contribution in [3.63, 3.8) is 0 Å². The van der Waals surface area contributed by atoms with Gasteiger partial charge in [0.15, 0.2) is 17.6 Å². The van der Waals surface area contributed by atoms with Gasteiger partial charge in [0, 0.05) is 0 Å². The predicted molar refractivity (Wildman–Crippen MR) is 36.8 cm³/mol. The minimum atomic E-state index is -2.26. The topological polar surface area (TPSA) is 135 Å². The van der Waals surface area contributed by atoms with Crippen molar-refractivity contribution in [1.82, 2.24) is 0 Å². The van der Waals surface area contributed by atoms with Crippen LogP contribution in [-0.2, 0) is 14.4 Å². The van der Waals surface area contributed by atoms with E-state index >= 15 is 0 Å². The molecule has 1 aliphatic rings. The maximum Gasteiger partial charge on any atom is 1.00 e. The minimum absolute atomic E-state index is 0. The fraction of sp³-hybridized carbons (Fsp3) is 0.286. The standard InChI is InChI=1S/C7H6O7.Li/c8-2-1(7(13)14)3(9)5(11)6(12)4(2)10;/h1,4,10-12H,(H,13,14);/q;+1/p-1. The van der Waals surface area contributed by atoms with E-state index in [-0.39, 0.29) is 18.9 Å². The van der Waals surface area contributed by atoms with E-state index in [4.69, 9.17) is 15.3 Å². The molecule has 0 bridgehead atoms. The van der Waals surface area contributed by atoms with Crippen LogP contribution in [0.25, 0.3) is 0 Å². The van der Waals surface area contributed by atoms with E-state index in [9.17, 15) is 19.5 Å². The van der Waals surface area contributed by atoms with Gasteiger partial charge in [0.05, 0.1) is 5.97 Å². The Morgan fingerprint density at radius 3 is 2.13 bits per heavy atom. The van der Waals surface area contributed by atoms with Gasteiger partial charge in [-0.25, -0.2) is 0 Å². The smallest absolute Gasteiger partial charge is 0.549 e. The number of carbonyl (C=O) groups excluding carboxylic acids is 3. The number of allylic oxidation sites excluding steroid dienone is 1. The van der Waals surface area contributed by atoms with E-state index in [0.717, 1.165) is 0 Å². The summed E-state index contributed by atoms with van der Waals surface area (Å²) >= 11 is 0. The summed E-state index contributed by atoms with van der Waals surface area (Å²) in [4.78, 5) is 32.1. The fourth-order valence-electron chi connectivity index (χ4n) is 1.04. The van der Waals surface area contributed by atoms with E-state index in [1.54, 1.807) is 0 Å². The molecule has 15 heavy (non-hydrogen) atoms. The second kappa shape index (κ2) is 4.48. The number of aliphatic hydroxyl groups is 3. The molecular formula is C7H5LiO7. The third-order valence-corrected chi connectivity index (χ3v) is 1.79. The quantitative estimate of drug-likeness (QED) is 0.288. The zero-order valence-electron chi connectivity index (χ0n) is 7.63. The Bertz CT molecular complexity index is 358. The summed E-state index contributed by atoms with van der Waals surface area (Å²) in [6, 6.07) is 0. The molecule has 0 amide bonds. The van der Waals surface area contributed by atoms with Gasteiger partial charge in [-0.1, -0.05) is 0 Å². The Kier molecular flexibility index (Phi) is 4.10. The molecule has 8 heteroatoms. The first-order valence-corrected chi connectivity index (χ1v) is 3.47. The molecule has 2 unspecified atom stereocenters. The molecule has 0 spiro atoms. The molecule has 0 aromatic heterocycles. The zero-order valence-corrected chi connectivity index (χ0v) is 7.63. The van der Waals surface area contributed by atoms with Crippen LogP contribution in [0.4, 0.5) is 0 Å². The molecule has 2 atom stereocenters. The van der Waals surface area contributed by atoms with Crippen molar-refractivity contribution in [3.8, 4) is 0 Å². The molecule has 0 saturated heterocycles. The monoisotopic (exact) mass is 208 g/mol. The van der Waals surface area contributed by atoms with Crippen LogP contribution < -0.4 is 24.0 Å². The summed E-state index contributed by atoms with van der Waals surface area (Å²) in [5.41, 5.74) is 0. The van der Waals surface area contributed by atoms with Crippen LogP contribution in [0.5, 0.6) is 0 Å². The summed E-state index contributed by atoms with van der Waals surface area (Å²) in [6.45, 7) is 0. The molecular weight excluding hydrogens is 203 g/mol. The van der Waals surface area contributed by atoms with Crippen LogP contribution in [0.2, 0.25) is 0 Å². The van der Waals surface area contributed by atoms with Gasteiger partial charge < -0.3 is 25.2 Å². The number of aliphatic hydroxyl groups excluding tert-OH is 3. The summed E-state index contributed by atoms with van der Waals surface area (Å²) in [7, 11) is 0. The average Bonchev–Trinajstić information content (AvgIpc) is 2.11. The summed E-state index contributed by atoms with van der Waals surface area (Å²) in [5.74, 6) is -9.77. The molecule has 0 aromatic rings.